The SMILES string of the molecule is CC(C)n1cncc1C(NCC1CC1)C(=O)O. The van der Waals surface area contributed by atoms with Gasteiger partial charge in [0.1, 0.15) is 6.04 Å². The molecule has 0 spiro atoms. The second kappa shape index (κ2) is 4.87. The van der Waals surface area contributed by atoms with E-state index < -0.39 is 12.0 Å². The summed E-state index contributed by atoms with van der Waals surface area (Å²) < 4.78 is 1.90. The van der Waals surface area contributed by atoms with Gasteiger partial charge in [-0.25, -0.2) is 4.98 Å². The zero-order valence-electron chi connectivity index (χ0n) is 10.3. The van der Waals surface area contributed by atoms with Crippen LogP contribution in [0.5, 0.6) is 0 Å². The number of nitrogens with zero attached hydrogens (tertiary/aromatic N) is 2. The fourth-order valence-corrected chi connectivity index (χ4v) is 1.89. The van der Waals surface area contributed by atoms with Crippen molar-refractivity contribution in [3.63, 3.8) is 0 Å². The number of aliphatic carboxylic acids is 1. The van der Waals surface area contributed by atoms with Crippen molar-refractivity contribution in [2.24, 2.45) is 5.92 Å². The number of imidazole rings is 1. The highest BCUT2D eigenvalue weighted by molar-refractivity contribution is 5.74. The van der Waals surface area contributed by atoms with Crippen molar-refractivity contribution < 1.29 is 9.90 Å². The molecule has 2 rings (SSSR count). The molecule has 1 saturated carbocycles. The smallest absolute Gasteiger partial charge is 0.326 e. The van der Waals surface area contributed by atoms with E-state index in [0.717, 1.165) is 12.2 Å². The first-order chi connectivity index (χ1) is 8.09. The number of rotatable bonds is 6. The quantitative estimate of drug-likeness (QED) is 0.788. The Morgan fingerprint density at radius 3 is 2.88 bits per heavy atom. The monoisotopic (exact) mass is 237 g/mol. The maximum Gasteiger partial charge on any atom is 0.326 e. The molecular weight excluding hydrogens is 218 g/mol. The molecule has 94 valence electrons. The third-order valence-electron chi connectivity index (χ3n) is 3.10. The van der Waals surface area contributed by atoms with Crippen LogP contribution in [0.3, 0.4) is 0 Å². The van der Waals surface area contributed by atoms with Crippen molar-refractivity contribution >= 4 is 5.97 Å². The highest BCUT2D eigenvalue weighted by atomic mass is 16.4. The van der Waals surface area contributed by atoms with Gasteiger partial charge in [0.05, 0.1) is 18.2 Å². The van der Waals surface area contributed by atoms with Crippen molar-refractivity contribution in [2.75, 3.05) is 6.54 Å². The fourth-order valence-electron chi connectivity index (χ4n) is 1.89. The van der Waals surface area contributed by atoms with Gasteiger partial charge in [-0.05, 0) is 39.2 Å². The predicted molar refractivity (Wildman–Crippen MR) is 63.7 cm³/mol. The average molecular weight is 237 g/mol. The molecule has 5 heteroatoms. The fraction of sp³-hybridized carbons (Fsp3) is 0.667. The normalized spacial score (nSPS) is 17.4. The summed E-state index contributed by atoms with van der Waals surface area (Å²) in [5, 5.41) is 12.4. The Hall–Kier alpha value is -1.36. The van der Waals surface area contributed by atoms with Gasteiger partial charge in [-0.3, -0.25) is 10.1 Å². The molecule has 1 aliphatic carbocycles. The van der Waals surface area contributed by atoms with Gasteiger partial charge in [0, 0.05) is 6.04 Å². The van der Waals surface area contributed by atoms with Crippen molar-refractivity contribution in [2.45, 2.75) is 38.8 Å². The van der Waals surface area contributed by atoms with E-state index in [4.69, 9.17) is 0 Å². The summed E-state index contributed by atoms with van der Waals surface area (Å²) in [6.07, 6.45) is 5.75. The number of carboxylic acids is 1. The molecular formula is C12H19N3O2. The third-order valence-corrected chi connectivity index (χ3v) is 3.10. The van der Waals surface area contributed by atoms with Gasteiger partial charge < -0.3 is 9.67 Å². The molecule has 17 heavy (non-hydrogen) atoms. The molecule has 0 bridgehead atoms. The molecule has 1 aromatic heterocycles. The Morgan fingerprint density at radius 1 is 1.65 bits per heavy atom. The first-order valence-electron chi connectivity index (χ1n) is 6.07. The molecule has 0 amide bonds. The molecule has 0 saturated heterocycles. The molecule has 0 aliphatic heterocycles. The Morgan fingerprint density at radius 2 is 2.35 bits per heavy atom. The summed E-state index contributed by atoms with van der Waals surface area (Å²) >= 11 is 0. The van der Waals surface area contributed by atoms with Crippen LogP contribution in [0.2, 0.25) is 0 Å². The van der Waals surface area contributed by atoms with Crippen LogP contribution in [0.25, 0.3) is 0 Å². The van der Waals surface area contributed by atoms with E-state index in [9.17, 15) is 9.90 Å². The molecule has 1 fully saturated rings. The maximum atomic E-state index is 11.3. The molecule has 0 radical (unpaired) electrons. The van der Waals surface area contributed by atoms with Crippen LogP contribution >= 0.6 is 0 Å². The number of carbonyl (C=O) groups is 1. The van der Waals surface area contributed by atoms with Crippen molar-refractivity contribution in [3.05, 3.63) is 18.2 Å². The van der Waals surface area contributed by atoms with Crippen LogP contribution in [0.1, 0.15) is 44.5 Å². The minimum atomic E-state index is -0.840. The highest BCUT2D eigenvalue weighted by Crippen LogP contribution is 2.28. The number of nitrogens with one attached hydrogen (secondary N) is 1. The van der Waals surface area contributed by atoms with E-state index in [2.05, 4.69) is 10.3 Å². The highest BCUT2D eigenvalue weighted by Gasteiger charge is 2.27. The Kier molecular flexibility index (Phi) is 3.47. The second-order valence-corrected chi connectivity index (χ2v) is 4.94. The minimum Gasteiger partial charge on any atom is -0.480 e. The minimum absolute atomic E-state index is 0.220. The number of hydrogen-bond donors (Lipinski definition) is 2. The van der Waals surface area contributed by atoms with E-state index in [0.29, 0.717) is 5.92 Å². The Bertz CT molecular complexity index is 396. The lowest BCUT2D eigenvalue weighted by atomic mass is 10.2. The van der Waals surface area contributed by atoms with Crippen molar-refractivity contribution in [3.8, 4) is 0 Å². The summed E-state index contributed by atoms with van der Waals surface area (Å²) in [4.78, 5) is 15.4. The molecule has 1 atom stereocenters. The molecule has 2 N–H and O–H groups in total. The summed E-state index contributed by atoms with van der Waals surface area (Å²) in [6, 6.07) is -0.433. The summed E-state index contributed by atoms with van der Waals surface area (Å²) in [5.41, 5.74) is 0.730. The van der Waals surface area contributed by atoms with Gasteiger partial charge in [0.15, 0.2) is 0 Å². The van der Waals surface area contributed by atoms with Crippen LogP contribution < -0.4 is 5.32 Å². The van der Waals surface area contributed by atoms with E-state index in [1.165, 1.54) is 12.8 Å². The topological polar surface area (TPSA) is 67.2 Å². The van der Waals surface area contributed by atoms with E-state index in [1.807, 2.05) is 18.4 Å². The van der Waals surface area contributed by atoms with E-state index >= 15 is 0 Å². The van der Waals surface area contributed by atoms with Gasteiger partial charge in [0.2, 0.25) is 0 Å². The summed E-state index contributed by atoms with van der Waals surface area (Å²) in [6.45, 7) is 4.82. The van der Waals surface area contributed by atoms with Crippen LogP contribution in [0, 0.1) is 5.92 Å². The molecule has 5 nitrogen and oxygen atoms in total. The molecule has 1 heterocycles. The largest absolute Gasteiger partial charge is 0.480 e. The lowest BCUT2D eigenvalue weighted by molar-refractivity contribution is -0.139. The Balaban J connectivity index is 2.12. The summed E-state index contributed by atoms with van der Waals surface area (Å²) in [7, 11) is 0. The number of hydrogen-bond acceptors (Lipinski definition) is 3. The van der Waals surface area contributed by atoms with Crippen molar-refractivity contribution in [1.29, 1.82) is 0 Å². The summed E-state index contributed by atoms with van der Waals surface area (Å²) in [5.74, 6) is -0.180. The van der Waals surface area contributed by atoms with Gasteiger partial charge in [0.25, 0.3) is 0 Å². The predicted octanol–water partition coefficient (Wildman–Crippen LogP) is 1.59. The molecule has 1 aromatic rings. The third kappa shape index (κ3) is 2.85. The lowest BCUT2D eigenvalue weighted by Gasteiger charge is -2.18. The Labute approximate surface area is 101 Å². The standard InChI is InChI=1S/C12H19N3O2/c1-8(2)15-7-13-6-10(15)11(12(16)17)14-5-9-3-4-9/h6-9,11,14H,3-5H2,1-2H3,(H,16,17). The van der Waals surface area contributed by atoms with Crippen LogP contribution in [-0.4, -0.2) is 27.2 Å². The number of aromatic nitrogens is 2. The van der Waals surface area contributed by atoms with E-state index in [-0.39, 0.29) is 6.04 Å². The average Bonchev–Trinajstić information content (AvgIpc) is 2.94. The number of carboxylic acid groups (broad SMARTS) is 1. The molecule has 1 unspecified atom stereocenters. The molecule has 1 aliphatic rings. The lowest BCUT2D eigenvalue weighted by Crippen LogP contribution is -2.32. The zero-order valence-corrected chi connectivity index (χ0v) is 10.3. The van der Waals surface area contributed by atoms with Gasteiger partial charge >= 0.3 is 5.97 Å². The van der Waals surface area contributed by atoms with Crippen LogP contribution in [-0.2, 0) is 4.79 Å². The van der Waals surface area contributed by atoms with Crippen molar-refractivity contribution in [1.82, 2.24) is 14.9 Å². The molecule has 0 aromatic carbocycles. The van der Waals surface area contributed by atoms with Gasteiger partial charge in [-0.15, -0.1) is 0 Å². The van der Waals surface area contributed by atoms with Gasteiger partial charge in [-0.2, -0.15) is 0 Å². The first-order valence-corrected chi connectivity index (χ1v) is 6.07. The first kappa shape index (κ1) is 12.1. The van der Waals surface area contributed by atoms with Gasteiger partial charge in [-0.1, -0.05) is 0 Å². The maximum absolute atomic E-state index is 11.3. The van der Waals surface area contributed by atoms with Crippen LogP contribution in [0.15, 0.2) is 12.5 Å². The van der Waals surface area contributed by atoms with Crippen LogP contribution in [0.4, 0.5) is 0 Å². The second-order valence-electron chi connectivity index (χ2n) is 4.94. The van der Waals surface area contributed by atoms with E-state index in [1.54, 1.807) is 12.5 Å². The zero-order chi connectivity index (χ0) is 12.4.